The molecule has 0 aromatic heterocycles. The standard InChI is InChI=1S/C12H18N4O3/c1-15(10-2-4-19-5-3-10)11-6-9(14-13)7-12(8-11)16(17)18/h6-8,10,14H,2-5,13H2,1H3. The summed E-state index contributed by atoms with van der Waals surface area (Å²) in [7, 11) is 1.94. The van der Waals surface area contributed by atoms with Gasteiger partial charge in [-0.15, -0.1) is 0 Å². The van der Waals surface area contributed by atoms with Crippen molar-refractivity contribution >= 4 is 17.1 Å². The largest absolute Gasteiger partial charge is 0.381 e. The van der Waals surface area contributed by atoms with Crippen molar-refractivity contribution in [2.45, 2.75) is 18.9 Å². The average molecular weight is 266 g/mol. The van der Waals surface area contributed by atoms with Crippen molar-refractivity contribution in [2.24, 2.45) is 5.84 Å². The number of nitro benzene ring substituents is 1. The van der Waals surface area contributed by atoms with Crippen molar-refractivity contribution in [1.82, 2.24) is 0 Å². The van der Waals surface area contributed by atoms with Crippen molar-refractivity contribution < 1.29 is 9.66 Å². The third kappa shape index (κ3) is 3.12. The van der Waals surface area contributed by atoms with E-state index in [-0.39, 0.29) is 5.69 Å². The minimum absolute atomic E-state index is 0.0318. The molecule has 7 heteroatoms. The Kier molecular flexibility index (Phi) is 4.18. The summed E-state index contributed by atoms with van der Waals surface area (Å²) in [5, 5.41) is 10.9. The predicted octanol–water partition coefficient (Wildman–Crippen LogP) is 1.50. The van der Waals surface area contributed by atoms with Crippen LogP contribution in [-0.4, -0.2) is 31.2 Å². The Bertz CT molecular complexity index is 460. The molecule has 0 spiro atoms. The number of nitrogens with two attached hydrogens (primary N) is 1. The second-order valence-corrected chi connectivity index (χ2v) is 4.59. The number of rotatable bonds is 4. The average Bonchev–Trinajstić information content (AvgIpc) is 2.46. The monoisotopic (exact) mass is 266 g/mol. The number of nitrogens with one attached hydrogen (secondary N) is 1. The Morgan fingerprint density at radius 3 is 2.68 bits per heavy atom. The number of nitro groups is 1. The molecular formula is C12H18N4O3. The summed E-state index contributed by atoms with van der Waals surface area (Å²) in [6, 6.07) is 5.13. The normalized spacial score (nSPS) is 16.1. The van der Waals surface area contributed by atoms with Gasteiger partial charge in [-0.05, 0) is 18.9 Å². The second kappa shape index (κ2) is 5.85. The molecule has 1 saturated heterocycles. The van der Waals surface area contributed by atoms with E-state index in [0.717, 1.165) is 31.7 Å². The first-order chi connectivity index (χ1) is 9.11. The number of hydrazine groups is 1. The summed E-state index contributed by atoms with van der Waals surface area (Å²) in [5.41, 5.74) is 3.81. The van der Waals surface area contributed by atoms with Gasteiger partial charge >= 0.3 is 0 Å². The highest BCUT2D eigenvalue weighted by molar-refractivity contribution is 5.64. The first kappa shape index (κ1) is 13.6. The van der Waals surface area contributed by atoms with E-state index in [1.54, 1.807) is 6.07 Å². The summed E-state index contributed by atoms with van der Waals surface area (Å²) in [5.74, 6) is 5.36. The van der Waals surface area contributed by atoms with E-state index in [2.05, 4.69) is 10.3 Å². The highest BCUT2D eigenvalue weighted by atomic mass is 16.6. The van der Waals surface area contributed by atoms with E-state index in [1.165, 1.54) is 6.07 Å². The minimum Gasteiger partial charge on any atom is -0.381 e. The molecule has 1 heterocycles. The molecule has 0 bridgehead atoms. The highest BCUT2D eigenvalue weighted by Crippen LogP contribution is 2.28. The van der Waals surface area contributed by atoms with E-state index in [1.807, 2.05) is 13.1 Å². The Morgan fingerprint density at radius 1 is 1.42 bits per heavy atom. The van der Waals surface area contributed by atoms with E-state index >= 15 is 0 Å². The summed E-state index contributed by atoms with van der Waals surface area (Å²) >= 11 is 0. The summed E-state index contributed by atoms with van der Waals surface area (Å²) in [6.45, 7) is 1.46. The number of hydrogen-bond donors (Lipinski definition) is 2. The highest BCUT2D eigenvalue weighted by Gasteiger charge is 2.21. The van der Waals surface area contributed by atoms with Crippen LogP contribution in [0.25, 0.3) is 0 Å². The maximum Gasteiger partial charge on any atom is 0.273 e. The Hall–Kier alpha value is -1.86. The molecule has 0 amide bonds. The molecule has 0 radical (unpaired) electrons. The summed E-state index contributed by atoms with van der Waals surface area (Å²) < 4.78 is 5.33. The second-order valence-electron chi connectivity index (χ2n) is 4.59. The quantitative estimate of drug-likeness (QED) is 0.487. The SMILES string of the molecule is CN(c1cc(NN)cc([N+](=O)[O-])c1)C1CCOCC1. The molecule has 2 rings (SSSR count). The smallest absolute Gasteiger partial charge is 0.273 e. The number of ether oxygens (including phenoxy) is 1. The number of nitrogens with zero attached hydrogens (tertiary/aromatic N) is 2. The Balaban J connectivity index is 2.26. The molecule has 1 aromatic carbocycles. The van der Waals surface area contributed by atoms with Gasteiger partial charge in [0.15, 0.2) is 0 Å². The molecule has 7 nitrogen and oxygen atoms in total. The zero-order valence-corrected chi connectivity index (χ0v) is 10.8. The lowest BCUT2D eigenvalue weighted by atomic mass is 10.1. The molecule has 1 fully saturated rings. The van der Waals surface area contributed by atoms with E-state index in [9.17, 15) is 10.1 Å². The van der Waals surface area contributed by atoms with Crippen LogP contribution in [-0.2, 0) is 4.74 Å². The molecule has 0 saturated carbocycles. The van der Waals surface area contributed by atoms with Crippen LogP contribution in [0.1, 0.15) is 12.8 Å². The van der Waals surface area contributed by atoms with Gasteiger partial charge in [-0.25, -0.2) is 0 Å². The molecule has 3 N–H and O–H groups in total. The minimum atomic E-state index is -0.415. The van der Waals surface area contributed by atoms with Crippen LogP contribution in [0.5, 0.6) is 0 Å². The zero-order chi connectivity index (χ0) is 13.8. The van der Waals surface area contributed by atoms with Crippen LogP contribution >= 0.6 is 0 Å². The molecule has 1 aliphatic heterocycles. The molecule has 104 valence electrons. The van der Waals surface area contributed by atoms with Gasteiger partial charge in [0.1, 0.15) is 0 Å². The number of hydrogen-bond acceptors (Lipinski definition) is 6. The van der Waals surface area contributed by atoms with Crippen LogP contribution in [0.2, 0.25) is 0 Å². The third-order valence-corrected chi connectivity index (χ3v) is 3.43. The van der Waals surface area contributed by atoms with Crippen LogP contribution in [0.15, 0.2) is 18.2 Å². The summed E-state index contributed by atoms with van der Waals surface area (Å²) in [4.78, 5) is 12.6. The molecule has 19 heavy (non-hydrogen) atoms. The fourth-order valence-electron chi connectivity index (χ4n) is 2.27. The number of benzene rings is 1. The van der Waals surface area contributed by atoms with Gasteiger partial charge in [0.05, 0.1) is 10.6 Å². The topological polar surface area (TPSA) is 93.7 Å². The Labute approximate surface area is 111 Å². The van der Waals surface area contributed by atoms with Crippen LogP contribution in [0.4, 0.5) is 17.1 Å². The van der Waals surface area contributed by atoms with E-state index in [4.69, 9.17) is 10.6 Å². The molecule has 0 unspecified atom stereocenters. The van der Waals surface area contributed by atoms with Gasteiger partial charge < -0.3 is 15.1 Å². The maximum absolute atomic E-state index is 10.9. The number of non-ortho nitro benzene ring substituents is 1. The van der Waals surface area contributed by atoms with Gasteiger partial charge in [-0.1, -0.05) is 0 Å². The van der Waals surface area contributed by atoms with E-state index < -0.39 is 4.92 Å². The third-order valence-electron chi connectivity index (χ3n) is 3.43. The predicted molar refractivity (Wildman–Crippen MR) is 73.2 cm³/mol. The first-order valence-corrected chi connectivity index (χ1v) is 6.18. The molecule has 0 aliphatic carbocycles. The van der Waals surface area contributed by atoms with E-state index in [0.29, 0.717) is 11.7 Å². The van der Waals surface area contributed by atoms with Gasteiger partial charge in [0.2, 0.25) is 0 Å². The van der Waals surface area contributed by atoms with Gasteiger partial charge in [0, 0.05) is 44.1 Å². The van der Waals surface area contributed by atoms with Crippen molar-refractivity contribution in [3.8, 4) is 0 Å². The lowest BCUT2D eigenvalue weighted by Gasteiger charge is -2.33. The first-order valence-electron chi connectivity index (χ1n) is 6.18. The Morgan fingerprint density at radius 2 is 2.11 bits per heavy atom. The van der Waals surface area contributed by atoms with Crippen molar-refractivity contribution in [1.29, 1.82) is 0 Å². The molecule has 0 atom stereocenters. The van der Waals surface area contributed by atoms with Crippen molar-refractivity contribution in [3.05, 3.63) is 28.3 Å². The number of anilines is 2. The summed E-state index contributed by atoms with van der Waals surface area (Å²) in [6.07, 6.45) is 1.84. The van der Waals surface area contributed by atoms with Crippen LogP contribution in [0.3, 0.4) is 0 Å². The fourth-order valence-corrected chi connectivity index (χ4v) is 2.27. The van der Waals surface area contributed by atoms with Crippen molar-refractivity contribution in [2.75, 3.05) is 30.6 Å². The van der Waals surface area contributed by atoms with Crippen LogP contribution < -0.4 is 16.2 Å². The molecule has 1 aliphatic rings. The van der Waals surface area contributed by atoms with Gasteiger partial charge in [-0.2, -0.15) is 0 Å². The fraction of sp³-hybridized carbons (Fsp3) is 0.500. The van der Waals surface area contributed by atoms with Gasteiger partial charge in [0.25, 0.3) is 5.69 Å². The lowest BCUT2D eigenvalue weighted by molar-refractivity contribution is -0.384. The zero-order valence-electron chi connectivity index (χ0n) is 10.8. The van der Waals surface area contributed by atoms with Crippen LogP contribution in [0, 0.1) is 10.1 Å². The molecular weight excluding hydrogens is 248 g/mol. The maximum atomic E-state index is 10.9. The van der Waals surface area contributed by atoms with Crippen molar-refractivity contribution in [3.63, 3.8) is 0 Å². The number of nitrogen functional groups attached to an aromatic ring is 1. The molecule has 1 aromatic rings. The van der Waals surface area contributed by atoms with Gasteiger partial charge in [-0.3, -0.25) is 16.0 Å². The lowest BCUT2D eigenvalue weighted by Crippen LogP contribution is -2.36.